The third-order valence-corrected chi connectivity index (χ3v) is 5.31. The molecule has 1 aromatic heterocycles. The summed E-state index contributed by atoms with van der Waals surface area (Å²) in [5.41, 5.74) is 3.91. The van der Waals surface area contributed by atoms with Gasteiger partial charge < -0.3 is 19.8 Å². The molecule has 0 aliphatic carbocycles. The van der Waals surface area contributed by atoms with Crippen LogP contribution in [0.25, 0.3) is 10.9 Å². The number of H-pyrrole nitrogens is 1. The molecular formula is C21H28N2O4. The van der Waals surface area contributed by atoms with Crippen molar-refractivity contribution < 1.29 is 19.1 Å². The Bertz CT molecular complexity index is 871. The van der Waals surface area contributed by atoms with Crippen molar-refractivity contribution >= 4 is 22.8 Å². The number of ether oxygens (including phenoxy) is 2. The van der Waals surface area contributed by atoms with Crippen LogP contribution >= 0.6 is 0 Å². The van der Waals surface area contributed by atoms with Gasteiger partial charge in [0.1, 0.15) is 5.60 Å². The van der Waals surface area contributed by atoms with Crippen molar-refractivity contribution in [1.82, 2.24) is 10.3 Å². The molecule has 0 radical (unpaired) electrons. The summed E-state index contributed by atoms with van der Waals surface area (Å²) in [5.74, 6) is -0.375. The van der Waals surface area contributed by atoms with E-state index >= 15 is 0 Å². The Morgan fingerprint density at radius 1 is 1.33 bits per heavy atom. The molecule has 1 aliphatic rings. The summed E-state index contributed by atoms with van der Waals surface area (Å²) < 4.78 is 11.4. The third kappa shape index (κ3) is 3.34. The highest BCUT2D eigenvalue weighted by Gasteiger charge is 2.42. The molecule has 0 saturated carbocycles. The molecule has 0 saturated heterocycles. The number of carbonyl (C=O) groups is 2. The number of esters is 1. The average molecular weight is 372 g/mol. The largest absolute Gasteiger partial charge is 0.466 e. The number of carbonyl (C=O) groups excluding carboxylic acids is 2. The summed E-state index contributed by atoms with van der Waals surface area (Å²) in [4.78, 5) is 28.3. The average Bonchev–Trinajstić information content (AvgIpc) is 3.04. The van der Waals surface area contributed by atoms with Gasteiger partial charge in [0.15, 0.2) is 0 Å². The van der Waals surface area contributed by atoms with Crippen LogP contribution in [0.15, 0.2) is 12.1 Å². The van der Waals surface area contributed by atoms with Crippen molar-refractivity contribution in [3.05, 3.63) is 34.5 Å². The highest BCUT2D eigenvalue weighted by atomic mass is 16.5. The van der Waals surface area contributed by atoms with Crippen molar-refractivity contribution in [3.8, 4) is 0 Å². The smallest absolute Gasteiger partial charge is 0.309 e. The minimum absolute atomic E-state index is 0.111. The summed E-state index contributed by atoms with van der Waals surface area (Å²) >= 11 is 0. The SMILES string of the molecule is CCCC1(CC(=O)OCC)OCCc2c1[nH]c1c(C)ccc(C(=O)NC)c21. The van der Waals surface area contributed by atoms with Crippen LogP contribution in [-0.4, -0.2) is 37.1 Å². The molecular weight excluding hydrogens is 344 g/mol. The van der Waals surface area contributed by atoms with Gasteiger partial charge >= 0.3 is 5.97 Å². The molecule has 146 valence electrons. The van der Waals surface area contributed by atoms with Crippen LogP contribution in [-0.2, 0) is 26.3 Å². The number of hydrogen-bond acceptors (Lipinski definition) is 4. The van der Waals surface area contributed by atoms with E-state index in [1.165, 1.54) is 0 Å². The van der Waals surface area contributed by atoms with Crippen LogP contribution in [0.3, 0.4) is 0 Å². The van der Waals surface area contributed by atoms with Crippen molar-refractivity contribution in [2.24, 2.45) is 0 Å². The van der Waals surface area contributed by atoms with Gasteiger partial charge in [-0.2, -0.15) is 0 Å². The molecule has 1 amide bonds. The van der Waals surface area contributed by atoms with E-state index in [4.69, 9.17) is 9.47 Å². The summed E-state index contributed by atoms with van der Waals surface area (Å²) in [6.07, 6.45) is 2.45. The second-order valence-corrected chi connectivity index (χ2v) is 7.06. The van der Waals surface area contributed by atoms with Gasteiger partial charge in [-0.05, 0) is 43.9 Å². The lowest BCUT2D eigenvalue weighted by atomic mass is 9.84. The number of benzene rings is 1. The zero-order valence-electron chi connectivity index (χ0n) is 16.5. The van der Waals surface area contributed by atoms with E-state index in [0.717, 1.165) is 34.1 Å². The van der Waals surface area contributed by atoms with E-state index in [-0.39, 0.29) is 18.3 Å². The number of amides is 1. The Morgan fingerprint density at radius 2 is 2.11 bits per heavy atom. The molecule has 6 heteroatoms. The van der Waals surface area contributed by atoms with Crippen LogP contribution in [0.1, 0.15) is 60.3 Å². The van der Waals surface area contributed by atoms with E-state index in [1.807, 2.05) is 19.1 Å². The lowest BCUT2D eigenvalue weighted by molar-refractivity contribution is -0.155. The van der Waals surface area contributed by atoms with E-state index < -0.39 is 5.60 Å². The molecule has 2 heterocycles. The van der Waals surface area contributed by atoms with E-state index in [1.54, 1.807) is 14.0 Å². The first-order valence-electron chi connectivity index (χ1n) is 9.63. The second-order valence-electron chi connectivity index (χ2n) is 7.06. The maximum absolute atomic E-state index is 12.4. The standard InChI is InChI=1S/C21H28N2O4/c1-5-10-21(12-16(24)26-6-2)19-14(9-11-27-21)17-15(20(25)22-4)8-7-13(3)18(17)23-19/h7-8,23H,5-6,9-12H2,1-4H3,(H,22,25). The minimum atomic E-state index is -0.736. The molecule has 0 bridgehead atoms. The van der Waals surface area contributed by atoms with Crippen LogP contribution in [0.2, 0.25) is 0 Å². The van der Waals surface area contributed by atoms with Gasteiger partial charge in [-0.3, -0.25) is 9.59 Å². The predicted octanol–water partition coefficient (Wildman–Crippen LogP) is 3.36. The predicted molar refractivity (Wildman–Crippen MR) is 104 cm³/mol. The van der Waals surface area contributed by atoms with Crippen LogP contribution in [0.4, 0.5) is 0 Å². The Morgan fingerprint density at radius 3 is 2.78 bits per heavy atom. The molecule has 1 aliphatic heterocycles. The first kappa shape index (κ1) is 19.4. The van der Waals surface area contributed by atoms with Crippen LogP contribution < -0.4 is 5.32 Å². The van der Waals surface area contributed by atoms with Crippen molar-refractivity contribution in [3.63, 3.8) is 0 Å². The number of hydrogen-bond donors (Lipinski definition) is 2. The van der Waals surface area contributed by atoms with Gasteiger partial charge in [-0.25, -0.2) is 0 Å². The van der Waals surface area contributed by atoms with Gasteiger partial charge in [0.25, 0.3) is 5.91 Å². The lowest BCUT2D eigenvalue weighted by Crippen LogP contribution is -2.38. The van der Waals surface area contributed by atoms with E-state index in [0.29, 0.717) is 31.6 Å². The van der Waals surface area contributed by atoms with Gasteiger partial charge in [-0.15, -0.1) is 0 Å². The normalized spacial score (nSPS) is 19.0. The molecule has 27 heavy (non-hydrogen) atoms. The van der Waals surface area contributed by atoms with E-state index in [2.05, 4.69) is 17.2 Å². The molecule has 6 nitrogen and oxygen atoms in total. The molecule has 0 fully saturated rings. The second kappa shape index (κ2) is 7.72. The zero-order chi connectivity index (χ0) is 19.6. The first-order chi connectivity index (χ1) is 13.0. The fourth-order valence-corrected chi connectivity index (χ4v) is 4.16. The third-order valence-electron chi connectivity index (χ3n) is 5.31. The highest BCUT2D eigenvalue weighted by molar-refractivity contribution is 6.09. The quantitative estimate of drug-likeness (QED) is 0.762. The highest BCUT2D eigenvalue weighted by Crippen LogP contribution is 2.43. The number of nitrogens with one attached hydrogen (secondary N) is 2. The Balaban J connectivity index is 2.22. The first-order valence-corrected chi connectivity index (χ1v) is 9.63. The van der Waals surface area contributed by atoms with Gasteiger partial charge in [0.2, 0.25) is 0 Å². The maximum atomic E-state index is 12.4. The van der Waals surface area contributed by atoms with Crippen molar-refractivity contribution in [2.45, 2.75) is 52.1 Å². The fourth-order valence-electron chi connectivity index (χ4n) is 4.16. The molecule has 2 aromatic rings. The molecule has 0 spiro atoms. The molecule has 3 rings (SSSR count). The number of fused-ring (bicyclic) bond motifs is 3. The van der Waals surface area contributed by atoms with Crippen molar-refractivity contribution in [1.29, 1.82) is 0 Å². The summed E-state index contributed by atoms with van der Waals surface area (Å²) in [7, 11) is 1.64. The molecule has 2 N–H and O–H groups in total. The van der Waals surface area contributed by atoms with Gasteiger partial charge in [0, 0.05) is 23.5 Å². The summed E-state index contributed by atoms with van der Waals surface area (Å²) in [6.45, 7) is 6.76. The maximum Gasteiger partial charge on any atom is 0.309 e. The van der Waals surface area contributed by atoms with Crippen molar-refractivity contribution in [2.75, 3.05) is 20.3 Å². The van der Waals surface area contributed by atoms with Gasteiger partial charge in [0.05, 0.1) is 25.3 Å². The number of aromatic nitrogens is 1. The lowest BCUT2D eigenvalue weighted by Gasteiger charge is -2.36. The Hall–Kier alpha value is -2.34. The van der Waals surface area contributed by atoms with Crippen LogP contribution in [0.5, 0.6) is 0 Å². The fraction of sp³-hybridized carbons (Fsp3) is 0.524. The topological polar surface area (TPSA) is 80.4 Å². The number of aromatic amines is 1. The zero-order valence-corrected chi connectivity index (χ0v) is 16.5. The van der Waals surface area contributed by atoms with Gasteiger partial charge in [-0.1, -0.05) is 19.4 Å². The summed E-state index contributed by atoms with van der Waals surface area (Å²) in [6, 6.07) is 3.81. The number of aryl methyl sites for hydroxylation is 1. The molecule has 1 unspecified atom stereocenters. The number of rotatable bonds is 6. The Labute approximate surface area is 159 Å². The monoisotopic (exact) mass is 372 g/mol. The Kier molecular flexibility index (Phi) is 5.56. The van der Waals surface area contributed by atoms with E-state index in [9.17, 15) is 9.59 Å². The summed E-state index contributed by atoms with van der Waals surface area (Å²) in [5, 5.41) is 3.67. The molecule has 1 aromatic carbocycles. The van der Waals surface area contributed by atoms with Crippen LogP contribution in [0, 0.1) is 6.92 Å². The minimum Gasteiger partial charge on any atom is -0.466 e. The molecule has 1 atom stereocenters.